The predicted octanol–water partition coefficient (Wildman–Crippen LogP) is 1.72. The maximum atomic E-state index is 13.1. The highest BCUT2D eigenvalue weighted by atomic mass is 16.5. The van der Waals surface area contributed by atoms with Crippen molar-refractivity contribution in [2.45, 2.75) is 38.1 Å². The van der Waals surface area contributed by atoms with Crippen LogP contribution in [0.1, 0.15) is 24.0 Å². The number of carbonyl (C=O) groups excluding carboxylic acids is 1. The number of ether oxygens (including phenoxy) is 1. The summed E-state index contributed by atoms with van der Waals surface area (Å²) in [6.07, 6.45) is 3.75. The molecule has 1 heterocycles. The van der Waals surface area contributed by atoms with Gasteiger partial charge in [0.25, 0.3) is 0 Å². The monoisotopic (exact) mass is 355 g/mol. The van der Waals surface area contributed by atoms with E-state index in [4.69, 9.17) is 10.5 Å². The summed E-state index contributed by atoms with van der Waals surface area (Å²) in [6.45, 7) is 0.911. The number of rotatable bonds is 6. The van der Waals surface area contributed by atoms with Crippen LogP contribution < -0.4 is 10.5 Å². The molecule has 1 aliphatic rings. The number of methoxy groups -OCH3 is 1. The Hall–Kier alpha value is -2.44. The zero-order valence-electron chi connectivity index (χ0n) is 14.9. The molecule has 0 saturated heterocycles. The minimum Gasteiger partial charge on any atom is -0.496 e. The van der Waals surface area contributed by atoms with E-state index in [1.54, 1.807) is 19.5 Å². The summed E-state index contributed by atoms with van der Waals surface area (Å²) in [5, 5.41) is 9.94. The van der Waals surface area contributed by atoms with Crippen LogP contribution in [0.2, 0.25) is 0 Å². The minimum atomic E-state index is -0.613. The molecule has 0 bridgehead atoms. The fourth-order valence-corrected chi connectivity index (χ4v) is 3.47. The van der Waals surface area contributed by atoms with Gasteiger partial charge in [-0.1, -0.05) is 18.2 Å². The Kier molecular flexibility index (Phi) is 5.85. The molecule has 1 amide bonds. The van der Waals surface area contributed by atoms with Crippen LogP contribution in [-0.2, 0) is 17.9 Å². The van der Waals surface area contributed by atoms with Gasteiger partial charge in [0.15, 0.2) is 0 Å². The minimum absolute atomic E-state index is 0.0136. The molecule has 0 unspecified atom stereocenters. The van der Waals surface area contributed by atoms with Crippen molar-refractivity contribution in [3.8, 4) is 5.75 Å². The maximum absolute atomic E-state index is 13.1. The fourth-order valence-electron chi connectivity index (χ4n) is 3.47. The third-order valence-electron chi connectivity index (χ3n) is 4.91. The van der Waals surface area contributed by atoms with Crippen LogP contribution in [-0.4, -0.2) is 40.2 Å². The van der Waals surface area contributed by atoms with Crippen molar-refractivity contribution in [3.63, 3.8) is 0 Å². The lowest BCUT2D eigenvalue weighted by Gasteiger charge is -2.26. The van der Waals surface area contributed by atoms with Gasteiger partial charge in [-0.3, -0.25) is 9.78 Å². The van der Waals surface area contributed by atoms with Gasteiger partial charge in [-0.25, -0.2) is 0 Å². The summed E-state index contributed by atoms with van der Waals surface area (Å²) >= 11 is 0. The molecular formula is C20H25N3O3. The summed E-state index contributed by atoms with van der Waals surface area (Å²) in [5.74, 6) is 0.513. The van der Waals surface area contributed by atoms with Crippen LogP contribution in [0.3, 0.4) is 0 Å². The number of aliphatic hydroxyl groups excluding tert-OH is 1. The summed E-state index contributed by atoms with van der Waals surface area (Å²) in [4.78, 5) is 19.0. The van der Waals surface area contributed by atoms with Gasteiger partial charge in [-0.15, -0.1) is 0 Å². The van der Waals surface area contributed by atoms with Gasteiger partial charge in [-0.05, 0) is 36.6 Å². The zero-order valence-corrected chi connectivity index (χ0v) is 14.9. The molecule has 1 aliphatic carbocycles. The lowest BCUT2D eigenvalue weighted by Crippen LogP contribution is -2.35. The van der Waals surface area contributed by atoms with E-state index < -0.39 is 6.10 Å². The first-order chi connectivity index (χ1) is 12.6. The molecule has 1 aromatic heterocycles. The fraction of sp³-hybridized carbons (Fsp3) is 0.400. The van der Waals surface area contributed by atoms with Crippen molar-refractivity contribution in [3.05, 3.63) is 59.9 Å². The Balaban J connectivity index is 1.83. The van der Waals surface area contributed by atoms with E-state index in [-0.39, 0.29) is 17.9 Å². The largest absolute Gasteiger partial charge is 0.496 e. The Morgan fingerprint density at radius 2 is 1.96 bits per heavy atom. The van der Waals surface area contributed by atoms with Crippen LogP contribution >= 0.6 is 0 Å². The Labute approximate surface area is 153 Å². The van der Waals surface area contributed by atoms with Crippen molar-refractivity contribution >= 4 is 5.91 Å². The zero-order chi connectivity index (χ0) is 18.5. The number of amides is 1. The first kappa shape index (κ1) is 18.4. The van der Waals surface area contributed by atoms with E-state index in [9.17, 15) is 9.90 Å². The second kappa shape index (κ2) is 8.29. The van der Waals surface area contributed by atoms with Crippen LogP contribution in [0.4, 0.5) is 0 Å². The molecule has 26 heavy (non-hydrogen) atoms. The number of aliphatic hydroxyl groups is 1. The average molecular weight is 355 g/mol. The summed E-state index contributed by atoms with van der Waals surface area (Å²) < 4.78 is 5.43. The van der Waals surface area contributed by atoms with Crippen molar-refractivity contribution in [1.82, 2.24) is 9.88 Å². The van der Waals surface area contributed by atoms with E-state index in [0.29, 0.717) is 25.9 Å². The molecule has 0 radical (unpaired) electrons. The Bertz CT molecular complexity index is 728. The van der Waals surface area contributed by atoms with E-state index in [1.165, 1.54) is 0 Å². The first-order valence-electron chi connectivity index (χ1n) is 8.81. The molecular weight excluding hydrogens is 330 g/mol. The molecule has 0 spiro atoms. The molecule has 3 atom stereocenters. The third-order valence-corrected chi connectivity index (χ3v) is 4.91. The molecule has 2 aromatic rings. The number of benzene rings is 1. The molecule has 6 heteroatoms. The van der Waals surface area contributed by atoms with E-state index >= 15 is 0 Å². The van der Waals surface area contributed by atoms with Gasteiger partial charge in [-0.2, -0.15) is 0 Å². The van der Waals surface area contributed by atoms with Gasteiger partial charge in [0, 0.05) is 43.0 Å². The molecule has 138 valence electrons. The van der Waals surface area contributed by atoms with Crippen molar-refractivity contribution in [2.24, 2.45) is 11.7 Å². The average Bonchev–Trinajstić information content (AvgIpc) is 3.00. The number of para-hydroxylation sites is 1. The normalized spacial score (nSPS) is 22.2. The second-order valence-electron chi connectivity index (χ2n) is 6.76. The van der Waals surface area contributed by atoms with Crippen molar-refractivity contribution < 1.29 is 14.6 Å². The molecule has 3 rings (SSSR count). The van der Waals surface area contributed by atoms with Crippen molar-refractivity contribution in [1.29, 1.82) is 0 Å². The number of carbonyl (C=O) groups is 1. The smallest absolute Gasteiger partial charge is 0.226 e. The van der Waals surface area contributed by atoms with Crippen LogP contribution in [0.15, 0.2) is 48.8 Å². The third kappa shape index (κ3) is 4.20. The molecule has 0 aliphatic heterocycles. The highest BCUT2D eigenvalue weighted by molar-refractivity contribution is 5.79. The number of hydrogen-bond donors (Lipinski definition) is 2. The van der Waals surface area contributed by atoms with Gasteiger partial charge in [0.2, 0.25) is 5.91 Å². The Morgan fingerprint density at radius 1 is 1.23 bits per heavy atom. The standard InChI is InChI=1S/C20H25N3O3/c1-26-19-5-3-2-4-15(19)13-23(12-14-6-8-22-9-7-14)20(25)16-10-17(21)18(24)11-16/h2-9,16-18,24H,10-13,21H2,1H3/t16-,17+,18+/m0/s1. The molecule has 1 aromatic carbocycles. The number of nitrogens with two attached hydrogens (primary N) is 1. The van der Waals surface area contributed by atoms with Crippen LogP contribution in [0.5, 0.6) is 5.75 Å². The maximum Gasteiger partial charge on any atom is 0.226 e. The molecule has 1 fully saturated rings. The van der Waals surface area contributed by atoms with Gasteiger partial charge in [0.05, 0.1) is 13.2 Å². The lowest BCUT2D eigenvalue weighted by atomic mass is 10.0. The molecule has 1 saturated carbocycles. The SMILES string of the molecule is COc1ccccc1CN(Cc1ccncc1)C(=O)[C@H]1C[C@@H](N)[C@H](O)C1. The molecule has 6 nitrogen and oxygen atoms in total. The van der Waals surface area contributed by atoms with Crippen LogP contribution in [0, 0.1) is 5.92 Å². The summed E-state index contributed by atoms with van der Waals surface area (Å²) in [5.41, 5.74) is 7.86. The van der Waals surface area contributed by atoms with E-state index in [0.717, 1.165) is 16.9 Å². The van der Waals surface area contributed by atoms with E-state index in [1.807, 2.05) is 41.3 Å². The summed E-state index contributed by atoms with van der Waals surface area (Å²) in [6, 6.07) is 11.2. The van der Waals surface area contributed by atoms with Crippen molar-refractivity contribution in [2.75, 3.05) is 7.11 Å². The first-order valence-corrected chi connectivity index (χ1v) is 8.81. The van der Waals surface area contributed by atoms with Gasteiger partial charge < -0.3 is 20.5 Å². The van der Waals surface area contributed by atoms with Crippen LogP contribution in [0.25, 0.3) is 0 Å². The number of aromatic nitrogens is 1. The topological polar surface area (TPSA) is 88.7 Å². The lowest BCUT2D eigenvalue weighted by molar-refractivity contribution is -0.136. The predicted molar refractivity (Wildman–Crippen MR) is 98.2 cm³/mol. The van der Waals surface area contributed by atoms with Gasteiger partial charge >= 0.3 is 0 Å². The Morgan fingerprint density at radius 3 is 2.62 bits per heavy atom. The second-order valence-corrected chi connectivity index (χ2v) is 6.76. The van der Waals surface area contributed by atoms with E-state index in [2.05, 4.69) is 4.98 Å². The number of nitrogens with zero attached hydrogens (tertiary/aromatic N) is 2. The highest BCUT2D eigenvalue weighted by Gasteiger charge is 2.37. The number of hydrogen-bond acceptors (Lipinski definition) is 5. The van der Waals surface area contributed by atoms with Gasteiger partial charge in [0.1, 0.15) is 5.75 Å². The number of pyridine rings is 1. The highest BCUT2D eigenvalue weighted by Crippen LogP contribution is 2.29. The molecule has 3 N–H and O–H groups in total. The quantitative estimate of drug-likeness (QED) is 0.824. The summed E-state index contributed by atoms with van der Waals surface area (Å²) in [7, 11) is 1.63.